The number of anilines is 1. The van der Waals surface area contributed by atoms with Crippen LogP contribution in [0.5, 0.6) is 0 Å². The molecule has 0 spiro atoms. The van der Waals surface area contributed by atoms with Gasteiger partial charge in [-0.15, -0.1) is 6.42 Å². The van der Waals surface area contributed by atoms with E-state index in [0.717, 1.165) is 5.56 Å². The molecule has 1 aliphatic heterocycles. The van der Waals surface area contributed by atoms with Crippen molar-refractivity contribution < 1.29 is 13.9 Å². The number of nitrogens with zero attached hydrogens (tertiary/aromatic N) is 3. The van der Waals surface area contributed by atoms with E-state index >= 15 is 0 Å². The molecule has 0 aliphatic carbocycles. The lowest BCUT2D eigenvalue weighted by Gasteiger charge is -2.27. The van der Waals surface area contributed by atoms with Crippen LogP contribution in [0, 0.1) is 25.1 Å². The Morgan fingerprint density at radius 3 is 2.67 bits per heavy atom. The van der Waals surface area contributed by atoms with Crippen LogP contribution < -0.4 is 10.5 Å². The van der Waals surface area contributed by atoms with E-state index in [-0.39, 0.29) is 43.2 Å². The topological polar surface area (TPSA) is 78.5 Å². The number of carbonyl (C=O) groups is 1. The van der Waals surface area contributed by atoms with Gasteiger partial charge in [0.1, 0.15) is 5.82 Å². The molecule has 1 amide bonds. The van der Waals surface area contributed by atoms with Crippen LogP contribution in [0.2, 0.25) is 0 Å². The van der Waals surface area contributed by atoms with E-state index in [9.17, 15) is 14.0 Å². The van der Waals surface area contributed by atoms with Gasteiger partial charge in [-0.3, -0.25) is 14.6 Å². The number of aromatic amines is 1. The first-order chi connectivity index (χ1) is 14.5. The van der Waals surface area contributed by atoms with Crippen molar-refractivity contribution in [1.82, 2.24) is 14.9 Å². The molecule has 1 aromatic carbocycles. The smallest absolute Gasteiger partial charge is 0.255 e. The van der Waals surface area contributed by atoms with Crippen molar-refractivity contribution in [2.45, 2.75) is 26.3 Å². The van der Waals surface area contributed by atoms with Crippen LogP contribution in [-0.2, 0) is 22.5 Å². The Balaban J connectivity index is 1.66. The molecule has 0 atom stereocenters. The molecule has 30 heavy (non-hydrogen) atoms. The molecule has 1 aromatic heterocycles. The Morgan fingerprint density at radius 2 is 2.03 bits per heavy atom. The fraction of sp³-hybridized carbons (Fsp3) is 0.409. The Morgan fingerprint density at radius 1 is 1.33 bits per heavy atom. The molecule has 2 heterocycles. The molecule has 8 heteroatoms. The fourth-order valence-electron chi connectivity index (χ4n) is 3.36. The van der Waals surface area contributed by atoms with Gasteiger partial charge >= 0.3 is 0 Å². The number of amides is 1. The van der Waals surface area contributed by atoms with Gasteiger partial charge in [0.05, 0.1) is 19.8 Å². The van der Waals surface area contributed by atoms with Crippen molar-refractivity contribution in [3.05, 3.63) is 57.3 Å². The van der Waals surface area contributed by atoms with Crippen molar-refractivity contribution in [1.29, 1.82) is 0 Å². The number of aryl methyl sites for hydroxylation is 1. The number of terminal acetylenes is 1. The van der Waals surface area contributed by atoms with Gasteiger partial charge in [0, 0.05) is 37.3 Å². The highest BCUT2D eigenvalue weighted by molar-refractivity contribution is 5.76. The maximum atomic E-state index is 13.1. The zero-order valence-electron chi connectivity index (χ0n) is 17.0. The van der Waals surface area contributed by atoms with Gasteiger partial charge in [-0.2, -0.15) is 0 Å². The molecule has 0 bridgehead atoms. The lowest BCUT2D eigenvalue weighted by molar-refractivity contribution is -0.131. The Labute approximate surface area is 174 Å². The van der Waals surface area contributed by atoms with Gasteiger partial charge in [0.15, 0.2) is 0 Å². The predicted molar refractivity (Wildman–Crippen MR) is 112 cm³/mol. The van der Waals surface area contributed by atoms with Crippen LogP contribution in [0.1, 0.15) is 23.2 Å². The van der Waals surface area contributed by atoms with Gasteiger partial charge < -0.3 is 14.5 Å². The number of hydrogen-bond donors (Lipinski definition) is 1. The van der Waals surface area contributed by atoms with Crippen LogP contribution in [0.3, 0.4) is 0 Å². The number of carbonyl (C=O) groups excluding carboxylic acids is 1. The predicted octanol–water partition coefficient (Wildman–Crippen LogP) is 1.65. The first-order valence-electron chi connectivity index (χ1n) is 9.86. The van der Waals surface area contributed by atoms with Crippen molar-refractivity contribution >= 4 is 11.9 Å². The Hall–Kier alpha value is -3.18. The van der Waals surface area contributed by atoms with Crippen molar-refractivity contribution in [3.8, 4) is 12.3 Å². The number of halogens is 1. The quantitative estimate of drug-likeness (QED) is 0.700. The molecule has 1 saturated heterocycles. The molecule has 0 saturated carbocycles. The first-order valence-corrected chi connectivity index (χ1v) is 9.86. The maximum absolute atomic E-state index is 13.1. The molecule has 0 radical (unpaired) electrons. The molecule has 7 nitrogen and oxygen atoms in total. The second-order valence-corrected chi connectivity index (χ2v) is 7.13. The van der Waals surface area contributed by atoms with E-state index in [1.165, 1.54) is 17.0 Å². The maximum Gasteiger partial charge on any atom is 0.255 e. The summed E-state index contributed by atoms with van der Waals surface area (Å²) >= 11 is 0. The molecular weight excluding hydrogens is 387 g/mol. The normalized spacial score (nSPS) is 13.7. The van der Waals surface area contributed by atoms with Crippen molar-refractivity contribution in [3.63, 3.8) is 0 Å². The summed E-state index contributed by atoms with van der Waals surface area (Å²) < 4.78 is 18.4. The number of ether oxygens (including phenoxy) is 1. The van der Waals surface area contributed by atoms with Crippen LogP contribution in [0.15, 0.2) is 29.1 Å². The highest BCUT2D eigenvalue weighted by Crippen LogP contribution is 2.13. The second-order valence-electron chi connectivity index (χ2n) is 7.13. The van der Waals surface area contributed by atoms with Gasteiger partial charge in [0.25, 0.3) is 5.56 Å². The Bertz CT molecular complexity index is 975. The van der Waals surface area contributed by atoms with E-state index in [1.807, 2.05) is 4.90 Å². The SMILES string of the molecule is C#CCN(Cc1ccc(F)cc1)C(=O)CCc1c(C)nc(N2CCOCC2)[nH]c1=O. The average molecular weight is 412 g/mol. The number of rotatable bonds is 7. The summed E-state index contributed by atoms with van der Waals surface area (Å²) in [5.41, 5.74) is 1.64. The number of nitrogens with one attached hydrogen (secondary N) is 1. The van der Waals surface area contributed by atoms with Crippen molar-refractivity contribution in [2.24, 2.45) is 0 Å². The van der Waals surface area contributed by atoms with Gasteiger partial charge in [-0.25, -0.2) is 9.37 Å². The van der Waals surface area contributed by atoms with Crippen molar-refractivity contribution in [2.75, 3.05) is 37.7 Å². The molecule has 1 fully saturated rings. The average Bonchev–Trinajstić information content (AvgIpc) is 2.74. The van der Waals surface area contributed by atoms with Crippen LogP contribution in [-0.4, -0.2) is 53.6 Å². The number of hydrogen-bond acceptors (Lipinski definition) is 5. The lowest BCUT2D eigenvalue weighted by Crippen LogP contribution is -2.38. The zero-order valence-corrected chi connectivity index (χ0v) is 17.0. The van der Waals surface area contributed by atoms with Gasteiger partial charge in [0.2, 0.25) is 11.9 Å². The third-order valence-corrected chi connectivity index (χ3v) is 5.03. The van der Waals surface area contributed by atoms with E-state index < -0.39 is 0 Å². The number of morpholine rings is 1. The van der Waals surface area contributed by atoms with E-state index in [4.69, 9.17) is 11.2 Å². The summed E-state index contributed by atoms with van der Waals surface area (Å²) in [7, 11) is 0. The van der Waals surface area contributed by atoms with E-state index in [1.54, 1.807) is 19.1 Å². The lowest BCUT2D eigenvalue weighted by atomic mass is 10.1. The third-order valence-electron chi connectivity index (χ3n) is 5.03. The highest BCUT2D eigenvalue weighted by atomic mass is 19.1. The summed E-state index contributed by atoms with van der Waals surface area (Å²) in [4.78, 5) is 36.1. The van der Waals surface area contributed by atoms with Crippen LogP contribution in [0.25, 0.3) is 0 Å². The Kier molecular flexibility index (Phi) is 7.20. The molecule has 0 unspecified atom stereocenters. The van der Waals surface area contributed by atoms with Gasteiger partial charge in [-0.05, 0) is 31.0 Å². The number of aromatic nitrogens is 2. The molecule has 3 rings (SSSR count). The molecule has 2 aromatic rings. The summed E-state index contributed by atoms with van der Waals surface area (Å²) in [6, 6.07) is 5.93. The first kappa shape index (κ1) is 21.5. The molecular formula is C22H25FN4O3. The van der Waals surface area contributed by atoms with E-state index in [0.29, 0.717) is 43.5 Å². The summed E-state index contributed by atoms with van der Waals surface area (Å²) in [6.07, 6.45) is 5.80. The summed E-state index contributed by atoms with van der Waals surface area (Å²) in [5.74, 6) is 2.50. The summed E-state index contributed by atoms with van der Waals surface area (Å²) in [6.45, 7) is 4.73. The standard InChI is InChI=1S/C22H25FN4O3/c1-3-10-27(15-17-4-6-18(23)7-5-17)20(28)9-8-19-16(2)24-22(25-21(19)29)26-11-13-30-14-12-26/h1,4-7H,8-15H2,2H3,(H,24,25,29). The second kappa shape index (κ2) is 10.0. The van der Waals surface area contributed by atoms with Crippen LogP contribution in [0.4, 0.5) is 10.3 Å². The number of H-pyrrole nitrogens is 1. The van der Waals surface area contributed by atoms with Crippen LogP contribution >= 0.6 is 0 Å². The highest BCUT2D eigenvalue weighted by Gasteiger charge is 2.18. The summed E-state index contributed by atoms with van der Waals surface area (Å²) in [5, 5.41) is 0. The van der Waals surface area contributed by atoms with E-state index in [2.05, 4.69) is 15.9 Å². The monoisotopic (exact) mass is 412 g/mol. The molecule has 158 valence electrons. The molecule has 1 aliphatic rings. The fourth-order valence-corrected chi connectivity index (χ4v) is 3.36. The number of benzene rings is 1. The zero-order chi connectivity index (χ0) is 21.5. The minimum Gasteiger partial charge on any atom is -0.378 e. The minimum absolute atomic E-state index is 0.130. The largest absolute Gasteiger partial charge is 0.378 e. The minimum atomic E-state index is -0.337. The van der Waals surface area contributed by atoms with Gasteiger partial charge in [-0.1, -0.05) is 18.1 Å². The third kappa shape index (κ3) is 5.45. The molecule has 1 N–H and O–H groups in total.